The van der Waals surface area contributed by atoms with E-state index in [2.05, 4.69) is 0 Å². The van der Waals surface area contributed by atoms with Crippen LogP contribution in [0, 0.1) is 0 Å². The van der Waals surface area contributed by atoms with Gasteiger partial charge in [0.05, 0.1) is 5.41 Å². The molecule has 28 heavy (non-hydrogen) atoms. The van der Waals surface area contributed by atoms with Crippen molar-refractivity contribution in [2.75, 3.05) is 0 Å². The maximum absolute atomic E-state index is 11.9. The van der Waals surface area contributed by atoms with Gasteiger partial charge < -0.3 is 14.6 Å². The summed E-state index contributed by atoms with van der Waals surface area (Å²) in [5.41, 5.74) is 1.90. The van der Waals surface area contributed by atoms with E-state index in [1.807, 2.05) is 78.9 Å². The molecule has 0 atom stereocenters. The van der Waals surface area contributed by atoms with Gasteiger partial charge in [0.1, 0.15) is 13.2 Å². The summed E-state index contributed by atoms with van der Waals surface area (Å²) in [5, 5.41) is 9.77. The molecule has 0 unspecified atom stereocenters. The number of carboxylic acid groups (broad SMARTS) is 1. The average Bonchev–Trinajstić information content (AvgIpc) is 3.54. The third kappa shape index (κ3) is 3.72. The molecule has 0 aliphatic heterocycles. The van der Waals surface area contributed by atoms with Gasteiger partial charge in [0, 0.05) is 5.56 Å². The maximum Gasteiger partial charge on any atom is 0.314 e. The second kappa shape index (κ2) is 7.77. The van der Waals surface area contributed by atoms with Crippen LogP contribution in [0.3, 0.4) is 0 Å². The number of benzene rings is 3. The number of ether oxygens (including phenoxy) is 2. The number of para-hydroxylation sites is 1. The maximum atomic E-state index is 11.9. The number of hydrogen-bond acceptors (Lipinski definition) is 3. The van der Waals surface area contributed by atoms with E-state index >= 15 is 0 Å². The van der Waals surface area contributed by atoms with Gasteiger partial charge in [0.2, 0.25) is 0 Å². The van der Waals surface area contributed by atoms with Gasteiger partial charge in [-0.2, -0.15) is 0 Å². The number of aliphatic carboxylic acids is 1. The molecule has 3 aromatic carbocycles. The first-order valence-electron chi connectivity index (χ1n) is 9.39. The number of rotatable bonds is 8. The molecule has 0 aromatic heterocycles. The van der Waals surface area contributed by atoms with Crippen LogP contribution in [0.4, 0.5) is 0 Å². The standard InChI is InChI=1S/C24H22O4/c25-23(26)24(14-15-24)20-12-7-13-21(27-16-18-8-3-1-4-9-18)22(20)28-17-19-10-5-2-6-11-19/h1-13H,14-17H2,(H,25,26). The fourth-order valence-electron chi connectivity index (χ4n) is 3.34. The van der Waals surface area contributed by atoms with Gasteiger partial charge in [-0.05, 0) is 30.0 Å². The van der Waals surface area contributed by atoms with Gasteiger partial charge in [-0.25, -0.2) is 0 Å². The highest BCUT2D eigenvalue weighted by molar-refractivity contribution is 5.86. The minimum Gasteiger partial charge on any atom is -0.485 e. The summed E-state index contributed by atoms with van der Waals surface area (Å²) in [5.74, 6) is 0.296. The second-order valence-electron chi connectivity index (χ2n) is 7.07. The second-order valence-corrected chi connectivity index (χ2v) is 7.07. The summed E-state index contributed by atoms with van der Waals surface area (Å²) in [7, 11) is 0. The molecular formula is C24H22O4. The van der Waals surface area contributed by atoms with E-state index in [-0.39, 0.29) is 0 Å². The topological polar surface area (TPSA) is 55.8 Å². The fourth-order valence-corrected chi connectivity index (χ4v) is 3.34. The molecule has 1 fully saturated rings. The van der Waals surface area contributed by atoms with Crippen LogP contribution in [-0.2, 0) is 23.4 Å². The third-order valence-corrected chi connectivity index (χ3v) is 5.12. The van der Waals surface area contributed by atoms with E-state index in [9.17, 15) is 9.90 Å². The van der Waals surface area contributed by atoms with Gasteiger partial charge >= 0.3 is 5.97 Å². The van der Waals surface area contributed by atoms with Crippen molar-refractivity contribution in [1.82, 2.24) is 0 Å². The largest absolute Gasteiger partial charge is 0.485 e. The molecule has 1 aliphatic rings. The van der Waals surface area contributed by atoms with Crippen LogP contribution in [0.1, 0.15) is 29.5 Å². The Morgan fingerprint density at radius 2 is 1.36 bits per heavy atom. The zero-order chi connectivity index (χ0) is 19.4. The molecule has 0 amide bonds. The predicted molar refractivity (Wildman–Crippen MR) is 107 cm³/mol. The first-order chi connectivity index (χ1) is 13.7. The molecule has 1 saturated carbocycles. The monoisotopic (exact) mass is 374 g/mol. The Morgan fingerprint density at radius 1 is 0.786 bits per heavy atom. The molecule has 0 radical (unpaired) electrons. The highest BCUT2D eigenvalue weighted by Crippen LogP contribution is 2.53. The zero-order valence-electron chi connectivity index (χ0n) is 15.5. The van der Waals surface area contributed by atoms with Crippen LogP contribution in [0.2, 0.25) is 0 Å². The van der Waals surface area contributed by atoms with Crippen LogP contribution in [0.5, 0.6) is 11.5 Å². The van der Waals surface area contributed by atoms with Gasteiger partial charge in [-0.15, -0.1) is 0 Å². The van der Waals surface area contributed by atoms with E-state index in [0.29, 0.717) is 43.1 Å². The Balaban J connectivity index is 1.63. The van der Waals surface area contributed by atoms with Crippen molar-refractivity contribution < 1.29 is 19.4 Å². The van der Waals surface area contributed by atoms with Gasteiger partial charge in [-0.3, -0.25) is 4.79 Å². The van der Waals surface area contributed by atoms with Crippen LogP contribution in [0.15, 0.2) is 78.9 Å². The molecule has 1 aliphatic carbocycles. The lowest BCUT2D eigenvalue weighted by molar-refractivity contribution is -0.140. The van der Waals surface area contributed by atoms with Gasteiger partial charge in [0.15, 0.2) is 11.5 Å². The Bertz CT molecular complexity index is 947. The summed E-state index contributed by atoms with van der Waals surface area (Å²) in [6.07, 6.45) is 1.23. The first-order valence-corrected chi connectivity index (χ1v) is 9.39. The lowest BCUT2D eigenvalue weighted by Gasteiger charge is -2.20. The number of carboxylic acids is 1. The van der Waals surface area contributed by atoms with Crippen LogP contribution in [0.25, 0.3) is 0 Å². The number of carbonyl (C=O) groups is 1. The minimum absolute atomic E-state index is 0.356. The molecule has 142 valence electrons. The molecule has 4 nitrogen and oxygen atoms in total. The summed E-state index contributed by atoms with van der Waals surface area (Å²) >= 11 is 0. The average molecular weight is 374 g/mol. The zero-order valence-corrected chi connectivity index (χ0v) is 15.5. The summed E-state index contributed by atoms with van der Waals surface area (Å²) in [6, 6.07) is 25.2. The van der Waals surface area contributed by atoms with Crippen molar-refractivity contribution in [3.05, 3.63) is 95.6 Å². The Kier molecular flexibility index (Phi) is 5.02. The first kappa shape index (κ1) is 18.1. The predicted octanol–water partition coefficient (Wildman–Crippen LogP) is 4.96. The van der Waals surface area contributed by atoms with Crippen LogP contribution in [-0.4, -0.2) is 11.1 Å². The highest BCUT2D eigenvalue weighted by Gasteiger charge is 2.53. The summed E-state index contributed by atoms with van der Waals surface area (Å²) in [6.45, 7) is 0.751. The quantitative estimate of drug-likeness (QED) is 0.605. The third-order valence-electron chi connectivity index (χ3n) is 5.12. The molecule has 0 spiro atoms. The van der Waals surface area contributed by atoms with Crippen molar-refractivity contribution in [3.8, 4) is 11.5 Å². The van der Waals surface area contributed by atoms with Crippen molar-refractivity contribution >= 4 is 5.97 Å². The molecular weight excluding hydrogens is 352 g/mol. The lowest BCUT2D eigenvalue weighted by Crippen LogP contribution is -2.21. The van der Waals surface area contributed by atoms with E-state index in [4.69, 9.17) is 9.47 Å². The SMILES string of the molecule is O=C(O)C1(c2cccc(OCc3ccccc3)c2OCc2ccccc2)CC1. The minimum atomic E-state index is -0.863. The Labute approximate surface area is 164 Å². The van der Waals surface area contributed by atoms with E-state index in [1.54, 1.807) is 0 Å². The van der Waals surface area contributed by atoms with Crippen molar-refractivity contribution in [2.45, 2.75) is 31.5 Å². The highest BCUT2D eigenvalue weighted by atomic mass is 16.5. The molecule has 0 saturated heterocycles. The molecule has 4 rings (SSSR count). The Hall–Kier alpha value is -3.27. The molecule has 1 N–H and O–H groups in total. The normalized spacial score (nSPS) is 14.3. The van der Waals surface area contributed by atoms with Gasteiger partial charge in [-0.1, -0.05) is 72.8 Å². The van der Waals surface area contributed by atoms with E-state index in [1.165, 1.54) is 0 Å². The number of hydrogen-bond donors (Lipinski definition) is 1. The lowest BCUT2D eigenvalue weighted by atomic mass is 9.94. The van der Waals surface area contributed by atoms with Crippen molar-refractivity contribution in [3.63, 3.8) is 0 Å². The molecule has 3 aromatic rings. The van der Waals surface area contributed by atoms with Crippen molar-refractivity contribution in [1.29, 1.82) is 0 Å². The fraction of sp³-hybridized carbons (Fsp3) is 0.208. The molecule has 0 heterocycles. The van der Waals surface area contributed by atoms with Gasteiger partial charge in [0.25, 0.3) is 0 Å². The molecule has 4 heteroatoms. The van der Waals surface area contributed by atoms with Crippen LogP contribution < -0.4 is 9.47 Å². The van der Waals surface area contributed by atoms with E-state index in [0.717, 1.165) is 11.1 Å². The Morgan fingerprint density at radius 3 is 1.89 bits per heavy atom. The van der Waals surface area contributed by atoms with Crippen LogP contribution >= 0.6 is 0 Å². The summed E-state index contributed by atoms with van der Waals surface area (Å²) < 4.78 is 12.2. The summed E-state index contributed by atoms with van der Waals surface area (Å²) in [4.78, 5) is 11.9. The molecule has 0 bridgehead atoms. The van der Waals surface area contributed by atoms with E-state index < -0.39 is 11.4 Å². The van der Waals surface area contributed by atoms with Crippen molar-refractivity contribution in [2.24, 2.45) is 0 Å². The smallest absolute Gasteiger partial charge is 0.314 e.